The molecule has 3 aliphatic carbocycles. The maximum absolute atomic E-state index is 9.31. The predicted octanol–water partition coefficient (Wildman–Crippen LogP) is 3.78. The van der Waals surface area contributed by atoms with Crippen LogP contribution < -0.4 is 0 Å². The fourth-order valence-corrected chi connectivity index (χ4v) is 5.36. The van der Waals surface area contributed by atoms with Crippen LogP contribution in [0, 0.1) is 23.7 Å². The van der Waals surface area contributed by atoms with Gasteiger partial charge in [-0.05, 0) is 56.8 Å². The zero-order valence-electron chi connectivity index (χ0n) is 13.8. The molecule has 0 amide bonds. The first-order chi connectivity index (χ1) is 10.6. The van der Waals surface area contributed by atoms with Crippen LogP contribution in [0.2, 0.25) is 0 Å². The Morgan fingerprint density at radius 3 is 2.27 bits per heavy atom. The number of ether oxygens (including phenoxy) is 1. The van der Waals surface area contributed by atoms with Gasteiger partial charge < -0.3 is 9.84 Å². The molecular formula is C18H30O4. The highest BCUT2D eigenvalue weighted by Crippen LogP contribution is 2.52. The predicted molar refractivity (Wildman–Crippen MR) is 81.6 cm³/mol. The molecule has 2 bridgehead atoms. The third-order valence-electron chi connectivity index (χ3n) is 6.74. The molecule has 0 radical (unpaired) electrons. The van der Waals surface area contributed by atoms with Crippen molar-refractivity contribution in [3.63, 3.8) is 0 Å². The maximum atomic E-state index is 9.31. The van der Waals surface area contributed by atoms with Crippen LogP contribution in [0.1, 0.15) is 71.1 Å². The van der Waals surface area contributed by atoms with Gasteiger partial charge in [0.15, 0.2) is 0 Å². The van der Waals surface area contributed by atoms with E-state index in [2.05, 4.69) is 6.92 Å². The van der Waals surface area contributed by atoms with E-state index in [1.807, 2.05) is 0 Å². The van der Waals surface area contributed by atoms with Crippen LogP contribution in [0.3, 0.4) is 0 Å². The third-order valence-corrected chi connectivity index (χ3v) is 6.74. The van der Waals surface area contributed by atoms with E-state index in [1.165, 1.54) is 38.5 Å². The lowest BCUT2D eigenvalue weighted by atomic mass is 9.66. The van der Waals surface area contributed by atoms with Crippen LogP contribution >= 0.6 is 0 Å². The fraction of sp³-hybridized carbons (Fsp3) is 1.00. The monoisotopic (exact) mass is 310 g/mol. The van der Waals surface area contributed by atoms with Crippen molar-refractivity contribution in [1.29, 1.82) is 0 Å². The SMILES string of the molecule is C[C@@]1(C2CC3CCCC(C3)C2)OO[C@]2(CC[C@H](CO)CC2)O1. The van der Waals surface area contributed by atoms with Crippen LogP contribution in [-0.4, -0.2) is 23.3 Å². The summed E-state index contributed by atoms with van der Waals surface area (Å²) in [6.07, 6.45) is 11.6. The smallest absolute Gasteiger partial charge is 0.204 e. The van der Waals surface area contributed by atoms with Crippen molar-refractivity contribution in [1.82, 2.24) is 0 Å². The largest absolute Gasteiger partial charge is 0.396 e. The highest BCUT2D eigenvalue weighted by molar-refractivity contribution is 4.92. The van der Waals surface area contributed by atoms with Gasteiger partial charge in [-0.25, -0.2) is 0 Å². The van der Waals surface area contributed by atoms with Gasteiger partial charge in [0.25, 0.3) is 0 Å². The number of aliphatic hydroxyl groups is 1. The average Bonchev–Trinajstić information content (AvgIpc) is 2.86. The first-order valence-corrected chi connectivity index (χ1v) is 9.29. The minimum atomic E-state index is -0.569. The molecule has 4 rings (SSSR count). The molecule has 0 aromatic rings. The standard InChI is InChI=1S/C18H30O4/c1-17(16-10-14-3-2-4-15(9-14)11-16)20-18(22-21-17)7-5-13(12-19)6-8-18/h13-16,19H,2-12H2,1H3/t13-,14?,15?,16?,17-,18-/m0/s1. The van der Waals surface area contributed by atoms with Gasteiger partial charge in [0.2, 0.25) is 11.6 Å². The number of rotatable bonds is 2. The molecule has 4 heteroatoms. The molecule has 4 aliphatic rings. The van der Waals surface area contributed by atoms with E-state index >= 15 is 0 Å². The summed E-state index contributed by atoms with van der Waals surface area (Å²) < 4.78 is 6.45. The van der Waals surface area contributed by atoms with Gasteiger partial charge in [0.1, 0.15) is 0 Å². The lowest BCUT2D eigenvalue weighted by Crippen LogP contribution is -2.45. The molecule has 2 unspecified atom stereocenters. The van der Waals surface area contributed by atoms with Gasteiger partial charge in [-0.1, -0.05) is 19.3 Å². The summed E-state index contributed by atoms with van der Waals surface area (Å²) in [7, 11) is 0. The normalized spacial score (nSPS) is 52.1. The zero-order valence-corrected chi connectivity index (χ0v) is 13.8. The van der Waals surface area contributed by atoms with Crippen molar-refractivity contribution in [2.24, 2.45) is 23.7 Å². The molecule has 1 aliphatic heterocycles. The van der Waals surface area contributed by atoms with Crippen molar-refractivity contribution in [3.05, 3.63) is 0 Å². The second kappa shape index (κ2) is 5.73. The zero-order chi connectivity index (χ0) is 15.2. The molecule has 3 atom stereocenters. The maximum Gasteiger partial charge on any atom is 0.204 e. The second-order valence-electron chi connectivity index (χ2n) is 8.39. The first-order valence-electron chi connectivity index (χ1n) is 9.29. The van der Waals surface area contributed by atoms with E-state index in [9.17, 15) is 5.11 Å². The number of hydrogen-bond donors (Lipinski definition) is 1. The molecule has 0 aromatic heterocycles. The molecule has 3 saturated carbocycles. The Bertz CT molecular complexity index is 392. The van der Waals surface area contributed by atoms with Gasteiger partial charge >= 0.3 is 0 Å². The van der Waals surface area contributed by atoms with Crippen LogP contribution in [-0.2, 0) is 14.5 Å². The summed E-state index contributed by atoms with van der Waals surface area (Å²) in [5, 5.41) is 9.31. The Balaban J connectivity index is 1.42. The minimum Gasteiger partial charge on any atom is -0.396 e. The molecule has 0 aromatic carbocycles. The van der Waals surface area contributed by atoms with E-state index in [0.717, 1.165) is 37.5 Å². The molecule has 22 heavy (non-hydrogen) atoms. The molecule has 126 valence electrons. The molecule has 1 saturated heterocycles. The molecule has 1 heterocycles. The van der Waals surface area contributed by atoms with Crippen molar-refractivity contribution >= 4 is 0 Å². The first kappa shape index (κ1) is 15.4. The van der Waals surface area contributed by atoms with E-state index in [4.69, 9.17) is 14.5 Å². The van der Waals surface area contributed by atoms with Gasteiger partial charge in [-0.15, -0.1) is 0 Å². The van der Waals surface area contributed by atoms with Gasteiger partial charge in [0, 0.05) is 25.4 Å². The van der Waals surface area contributed by atoms with Crippen LogP contribution in [0.4, 0.5) is 0 Å². The topological polar surface area (TPSA) is 47.9 Å². The van der Waals surface area contributed by atoms with Crippen molar-refractivity contribution < 1.29 is 19.6 Å². The second-order valence-corrected chi connectivity index (χ2v) is 8.39. The Labute approximate surface area is 133 Å². The number of fused-ring (bicyclic) bond motifs is 2. The van der Waals surface area contributed by atoms with Crippen LogP contribution in [0.15, 0.2) is 0 Å². The Morgan fingerprint density at radius 1 is 0.955 bits per heavy atom. The average molecular weight is 310 g/mol. The van der Waals surface area contributed by atoms with Crippen LogP contribution in [0.25, 0.3) is 0 Å². The van der Waals surface area contributed by atoms with E-state index in [0.29, 0.717) is 11.8 Å². The van der Waals surface area contributed by atoms with E-state index in [1.54, 1.807) is 0 Å². The number of hydrogen-bond acceptors (Lipinski definition) is 4. The minimum absolute atomic E-state index is 0.278. The lowest BCUT2D eigenvalue weighted by Gasteiger charge is -2.44. The van der Waals surface area contributed by atoms with Crippen LogP contribution in [0.5, 0.6) is 0 Å². The molecule has 4 fully saturated rings. The summed E-state index contributed by atoms with van der Waals surface area (Å²) in [6.45, 7) is 2.37. The Hall–Kier alpha value is -0.160. The highest BCUT2D eigenvalue weighted by atomic mass is 17.3. The van der Waals surface area contributed by atoms with Gasteiger partial charge in [-0.2, -0.15) is 9.78 Å². The summed E-state index contributed by atoms with van der Waals surface area (Å²) in [5.41, 5.74) is 0. The van der Waals surface area contributed by atoms with Gasteiger partial charge in [-0.3, -0.25) is 0 Å². The Kier molecular flexibility index (Phi) is 4.00. The molecule has 1 spiro atoms. The van der Waals surface area contributed by atoms with E-state index < -0.39 is 11.6 Å². The molecule has 4 nitrogen and oxygen atoms in total. The Morgan fingerprint density at radius 2 is 1.64 bits per heavy atom. The molecule has 1 N–H and O–H groups in total. The van der Waals surface area contributed by atoms with Crippen molar-refractivity contribution in [2.45, 2.75) is 82.7 Å². The van der Waals surface area contributed by atoms with Crippen molar-refractivity contribution in [2.75, 3.05) is 6.61 Å². The third kappa shape index (κ3) is 2.72. The summed E-state index contributed by atoms with van der Waals surface area (Å²) in [6, 6.07) is 0. The molecular weight excluding hydrogens is 280 g/mol. The summed E-state index contributed by atoms with van der Waals surface area (Å²) in [5.74, 6) is 1.48. The van der Waals surface area contributed by atoms with E-state index in [-0.39, 0.29) is 6.61 Å². The lowest BCUT2D eigenvalue weighted by molar-refractivity contribution is -0.362. The highest BCUT2D eigenvalue weighted by Gasteiger charge is 2.56. The number of aliphatic hydroxyl groups excluding tert-OH is 1. The van der Waals surface area contributed by atoms with Crippen molar-refractivity contribution in [3.8, 4) is 0 Å². The summed E-state index contributed by atoms with van der Waals surface area (Å²) >= 11 is 0. The fourth-order valence-electron chi connectivity index (χ4n) is 5.36. The summed E-state index contributed by atoms with van der Waals surface area (Å²) in [4.78, 5) is 11.6. The quantitative estimate of drug-likeness (QED) is 0.789. The van der Waals surface area contributed by atoms with Gasteiger partial charge in [0.05, 0.1) is 0 Å².